The SMILES string of the molecule is Cc1ccc(C(=O)Nc2ccc(-n3ccnc3[C@@H]3CCOC3)cc2)o1. The Labute approximate surface area is 145 Å². The number of imidazole rings is 1. The number of furan rings is 1. The predicted molar refractivity (Wildman–Crippen MR) is 93.1 cm³/mol. The average Bonchev–Trinajstić information content (AvgIpc) is 3.36. The minimum absolute atomic E-state index is 0.257. The van der Waals surface area contributed by atoms with Crippen molar-refractivity contribution in [1.82, 2.24) is 9.55 Å². The van der Waals surface area contributed by atoms with Gasteiger partial charge in [-0.3, -0.25) is 4.79 Å². The normalized spacial score (nSPS) is 16.9. The smallest absolute Gasteiger partial charge is 0.291 e. The number of amides is 1. The molecule has 6 nitrogen and oxygen atoms in total. The van der Waals surface area contributed by atoms with E-state index >= 15 is 0 Å². The van der Waals surface area contributed by atoms with Gasteiger partial charge in [-0.1, -0.05) is 0 Å². The molecule has 0 spiro atoms. The fraction of sp³-hybridized carbons (Fsp3) is 0.263. The van der Waals surface area contributed by atoms with Crippen LogP contribution >= 0.6 is 0 Å². The topological polar surface area (TPSA) is 69.3 Å². The van der Waals surface area contributed by atoms with Crippen LogP contribution in [0.3, 0.4) is 0 Å². The van der Waals surface area contributed by atoms with E-state index in [1.807, 2.05) is 43.6 Å². The largest absolute Gasteiger partial charge is 0.456 e. The molecular weight excluding hydrogens is 318 g/mol. The Balaban J connectivity index is 1.51. The average molecular weight is 337 g/mol. The van der Waals surface area contributed by atoms with Gasteiger partial charge in [0.1, 0.15) is 11.6 Å². The van der Waals surface area contributed by atoms with E-state index in [4.69, 9.17) is 9.15 Å². The molecule has 1 aliphatic rings. The van der Waals surface area contributed by atoms with E-state index in [1.165, 1.54) is 0 Å². The maximum absolute atomic E-state index is 12.1. The Bertz CT molecular complexity index is 873. The molecule has 128 valence electrons. The van der Waals surface area contributed by atoms with Gasteiger partial charge in [0.2, 0.25) is 0 Å². The molecule has 1 aliphatic heterocycles. The first-order chi connectivity index (χ1) is 12.2. The highest BCUT2D eigenvalue weighted by Crippen LogP contribution is 2.26. The molecule has 3 aromatic rings. The van der Waals surface area contributed by atoms with Crippen LogP contribution in [-0.4, -0.2) is 28.7 Å². The number of ether oxygens (including phenoxy) is 1. The summed E-state index contributed by atoms with van der Waals surface area (Å²) in [6.07, 6.45) is 4.75. The molecule has 0 saturated carbocycles. The lowest BCUT2D eigenvalue weighted by atomic mass is 10.1. The van der Waals surface area contributed by atoms with Crippen molar-refractivity contribution in [2.24, 2.45) is 0 Å². The van der Waals surface area contributed by atoms with Gasteiger partial charge < -0.3 is 19.0 Å². The van der Waals surface area contributed by atoms with Crippen molar-refractivity contribution < 1.29 is 13.9 Å². The lowest BCUT2D eigenvalue weighted by molar-refractivity contribution is 0.0995. The number of carbonyl (C=O) groups excluding carboxylic acids is 1. The molecule has 0 unspecified atom stereocenters. The Morgan fingerprint density at radius 2 is 2.08 bits per heavy atom. The Morgan fingerprint density at radius 3 is 2.76 bits per heavy atom. The van der Waals surface area contributed by atoms with E-state index < -0.39 is 0 Å². The number of aromatic nitrogens is 2. The molecule has 25 heavy (non-hydrogen) atoms. The van der Waals surface area contributed by atoms with Crippen LogP contribution in [0.4, 0.5) is 5.69 Å². The quantitative estimate of drug-likeness (QED) is 0.791. The van der Waals surface area contributed by atoms with E-state index in [-0.39, 0.29) is 5.91 Å². The molecule has 1 fully saturated rings. The maximum atomic E-state index is 12.1. The lowest BCUT2D eigenvalue weighted by Gasteiger charge is -2.12. The number of benzene rings is 1. The van der Waals surface area contributed by atoms with Gasteiger partial charge in [0.05, 0.1) is 6.61 Å². The van der Waals surface area contributed by atoms with Crippen LogP contribution < -0.4 is 5.32 Å². The molecule has 3 heterocycles. The Kier molecular flexibility index (Phi) is 4.11. The van der Waals surface area contributed by atoms with Gasteiger partial charge in [-0.15, -0.1) is 0 Å². The fourth-order valence-corrected chi connectivity index (χ4v) is 3.03. The Hall–Kier alpha value is -2.86. The highest BCUT2D eigenvalue weighted by molar-refractivity contribution is 6.02. The number of aryl methyl sites for hydroxylation is 1. The minimum Gasteiger partial charge on any atom is -0.456 e. The second kappa shape index (κ2) is 6.57. The number of nitrogens with one attached hydrogen (secondary N) is 1. The van der Waals surface area contributed by atoms with E-state index in [0.717, 1.165) is 24.5 Å². The molecule has 1 N–H and O–H groups in total. The molecule has 0 radical (unpaired) electrons. The summed E-state index contributed by atoms with van der Waals surface area (Å²) in [5.41, 5.74) is 1.72. The van der Waals surface area contributed by atoms with Gasteiger partial charge >= 0.3 is 0 Å². The zero-order chi connectivity index (χ0) is 17.2. The van der Waals surface area contributed by atoms with Crippen LogP contribution in [0.25, 0.3) is 5.69 Å². The molecular formula is C19H19N3O3. The summed E-state index contributed by atoms with van der Waals surface area (Å²) < 4.78 is 12.9. The van der Waals surface area contributed by atoms with Gasteiger partial charge in [-0.05, 0) is 49.7 Å². The second-order valence-electron chi connectivity index (χ2n) is 6.13. The van der Waals surface area contributed by atoms with Crippen LogP contribution in [-0.2, 0) is 4.74 Å². The first-order valence-electron chi connectivity index (χ1n) is 8.30. The van der Waals surface area contributed by atoms with E-state index in [9.17, 15) is 4.79 Å². The van der Waals surface area contributed by atoms with Crippen molar-refractivity contribution in [3.05, 3.63) is 66.1 Å². The van der Waals surface area contributed by atoms with Crippen molar-refractivity contribution in [2.75, 3.05) is 18.5 Å². The van der Waals surface area contributed by atoms with Crippen molar-refractivity contribution in [3.63, 3.8) is 0 Å². The van der Waals surface area contributed by atoms with Crippen LogP contribution in [0, 0.1) is 6.92 Å². The summed E-state index contributed by atoms with van der Waals surface area (Å²) >= 11 is 0. The standard InChI is InChI=1S/C19H19N3O3/c1-13-2-7-17(25-13)19(23)21-15-3-5-16(6-4-15)22-10-9-20-18(22)14-8-11-24-12-14/h2-7,9-10,14H,8,11-12H2,1H3,(H,21,23)/t14-/m1/s1. The number of rotatable bonds is 4. The predicted octanol–water partition coefficient (Wildman–Crippen LogP) is 3.53. The van der Waals surface area contributed by atoms with Gasteiger partial charge in [0, 0.05) is 36.3 Å². The molecule has 1 amide bonds. The van der Waals surface area contributed by atoms with Gasteiger partial charge in [0.15, 0.2) is 5.76 Å². The van der Waals surface area contributed by atoms with Crippen LogP contribution in [0.1, 0.15) is 34.5 Å². The zero-order valence-corrected chi connectivity index (χ0v) is 13.9. The van der Waals surface area contributed by atoms with Crippen molar-refractivity contribution in [2.45, 2.75) is 19.3 Å². The molecule has 0 aliphatic carbocycles. The molecule has 0 bridgehead atoms. The van der Waals surface area contributed by atoms with E-state index in [1.54, 1.807) is 12.1 Å². The number of carbonyl (C=O) groups is 1. The third-order valence-corrected chi connectivity index (χ3v) is 4.33. The maximum Gasteiger partial charge on any atom is 0.291 e. The number of nitrogens with zero attached hydrogens (tertiary/aromatic N) is 2. The molecule has 1 saturated heterocycles. The first kappa shape index (κ1) is 15.7. The number of anilines is 1. The summed E-state index contributed by atoms with van der Waals surface area (Å²) in [6, 6.07) is 11.1. The molecule has 6 heteroatoms. The van der Waals surface area contributed by atoms with Crippen molar-refractivity contribution in [1.29, 1.82) is 0 Å². The third-order valence-electron chi connectivity index (χ3n) is 4.33. The first-order valence-corrected chi connectivity index (χ1v) is 8.30. The number of hydrogen-bond donors (Lipinski definition) is 1. The van der Waals surface area contributed by atoms with Crippen LogP contribution in [0.5, 0.6) is 0 Å². The number of hydrogen-bond acceptors (Lipinski definition) is 4. The fourth-order valence-electron chi connectivity index (χ4n) is 3.03. The van der Waals surface area contributed by atoms with Gasteiger partial charge in [-0.25, -0.2) is 4.98 Å². The summed E-state index contributed by atoms with van der Waals surface area (Å²) in [5.74, 6) is 2.10. The third kappa shape index (κ3) is 3.21. The summed E-state index contributed by atoms with van der Waals surface area (Å²) in [5, 5.41) is 2.84. The summed E-state index contributed by atoms with van der Waals surface area (Å²) in [6.45, 7) is 3.31. The highest BCUT2D eigenvalue weighted by Gasteiger charge is 2.22. The molecule has 1 aromatic carbocycles. The van der Waals surface area contributed by atoms with Crippen LogP contribution in [0.15, 0.2) is 53.2 Å². The Morgan fingerprint density at radius 1 is 1.24 bits per heavy atom. The second-order valence-corrected chi connectivity index (χ2v) is 6.13. The van der Waals surface area contributed by atoms with Crippen molar-refractivity contribution >= 4 is 11.6 Å². The van der Waals surface area contributed by atoms with E-state index in [2.05, 4.69) is 14.9 Å². The summed E-state index contributed by atoms with van der Waals surface area (Å²) in [7, 11) is 0. The summed E-state index contributed by atoms with van der Waals surface area (Å²) in [4.78, 5) is 16.6. The zero-order valence-electron chi connectivity index (χ0n) is 13.9. The van der Waals surface area contributed by atoms with Crippen molar-refractivity contribution in [3.8, 4) is 5.69 Å². The monoisotopic (exact) mass is 337 g/mol. The lowest BCUT2D eigenvalue weighted by Crippen LogP contribution is -2.11. The molecule has 2 aromatic heterocycles. The van der Waals surface area contributed by atoms with Gasteiger partial charge in [0.25, 0.3) is 5.91 Å². The van der Waals surface area contributed by atoms with Crippen LogP contribution in [0.2, 0.25) is 0 Å². The van der Waals surface area contributed by atoms with Gasteiger partial charge in [-0.2, -0.15) is 0 Å². The van der Waals surface area contributed by atoms with E-state index in [0.29, 0.717) is 29.7 Å². The highest BCUT2D eigenvalue weighted by atomic mass is 16.5. The minimum atomic E-state index is -0.257. The molecule has 1 atom stereocenters. The molecule has 4 rings (SSSR count).